The van der Waals surface area contributed by atoms with Gasteiger partial charge in [0.2, 0.25) is 0 Å². The molecule has 0 aliphatic carbocycles. The van der Waals surface area contributed by atoms with E-state index in [-0.39, 0.29) is 12.5 Å². The van der Waals surface area contributed by atoms with E-state index in [0.717, 1.165) is 10.3 Å². The maximum absolute atomic E-state index is 11.1. The minimum absolute atomic E-state index is 0.155. The van der Waals surface area contributed by atoms with Crippen LogP contribution in [0.2, 0.25) is 0 Å². The molecule has 0 amide bonds. The van der Waals surface area contributed by atoms with Crippen LogP contribution in [0.5, 0.6) is 0 Å². The SMILES string of the molecule is CCOC(=O)Cn1nc(C)cc1Br. The van der Waals surface area contributed by atoms with Crippen molar-refractivity contribution in [1.82, 2.24) is 9.78 Å². The third-order valence-corrected chi connectivity index (χ3v) is 2.08. The minimum Gasteiger partial charge on any atom is -0.465 e. The van der Waals surface area contributed by atoms with Crippen LogP contribution in [-0.2, 0) is 16.1 Å². The number of aromatic nitrogens is 2. The first-order valence-electron chi connectivity index (χ1n) is 3.99. The van der Waals surface area contributed by atoms with Gasteiger partial charge < -0.3 is 4.74 Å². The largest absolute Gasteiger partial charge is 0.465 e. The summed E-state index contributed by atoms with van der Waals surface area (Å²) in [5.74, 6) is -0.272. The van der Waals surface area contributed by atoms with E-state index in [9.17, 15) is 4.79 Å². The average Bonchev–Trinajstić information content (AvgIpc) is 2.30. The summed E-state index contributed by atoms with van der Waals surface area (Å²) in [7, 11) is 0. The fourth-order valence-corrected chi connectivity index (χ4v) is 1.49. The van der Waals surface area contributed by atoms with E-state index >= 15 is 0 Å². The highest BCUT2D eigenvalue weighted by molar-refractivity contribution is 9.10. The number of esters is 1. The van der Waals surface area contributed by atoms with Crippen LogP contribution in [0.25, 0.3) is 0 Å². The lowest BCUT2D eigenvalue weighted by molar-refractivity contribution is -0.144. The number of ether oxygens (including phenoxy) is 1. The number of carbonyl (C=O) groups is 1. The quantitative estimate of drug-likeness (QED) is 0.760. The smallest absolute Gasteiger partial charge is 0.327 e. The van der Waals surface area contributed by atoms with Crippen LogP contribution in [0.4, 0.5) is 0 Å². The lowest BCUT2D eigenvalue weighted by Crippen LogP contribution is -2.14. The maximum Gasteiger partial charge on any atom is 0.327 e. The average molecular weight is 247 g/mol. The van der Waals surface area contributed by atoms with Crippen molar-refractivity contribution in [3.63, 3.8) is 0 Å². The Morgan fingerprint density at radius 2 is 2.46 bits per heavy atom. The number of nitrogens with zero attached hydrogens (tertiary/aromatic N) is 2. The highest BCUT2D eigenvalue weighted by atomic mass is 79.9. The Balaban J connectivity index is 2.63. The van der Waals surface area contributed by atoms with Crippen molar-refractivity contribution in [2.75, 3.05) is 6.61 Å². The Hall–Kier alpha value is -0.840. The van der Waals surface area contributed by atoms with Gasteiger partial charge in [0.25, 0.3) is 0 Å². The lowest BCUT2D eigenvalue weighted by atomic mass is 10.5. The Morgan fingerprint density at radius 1 is 1.77 bits per heavy atom. The molecule has 72 valence electrons. The number of rotatable bonds is 3. The third-order valence-electron chi connectivity index (χ3n) is 1.44. The summed E-state index contributed by atoms with van der Waals surface area (Å²) in [5, 5.41) is 4.10. The van der Waals surface area contributed by atoms with E-state index in [1.54, 1.807) is 11.6 Å². The third kappa shape index (κ3) is 2.84. The van der Waals surface area contributed by atoms with Crippen LogP contribution in [0, 0.1) is 6.92 Å². The van der Waals surface area contributed by atoms with Crippen molar-refractivity contribution >= 4 is 21.9 Å². The molecule has 1 aromatic rings. The molecule has 1 aromatic heterocycles. The van der Waals surface area contributed by atoms with Crippen LogP contribution in [0.1, 0.15) is 12.6 Å². The molecular formula is C8H11BrN2O2. The number of carbonyl (C=O) groups excluding carboxylic acids is 1. The molecule has 0 saturated heterocycles. The first kappa shape index (κ1) is 10.2. The van der Waals surface area contributed by atoms with E-state index in [2.05, 4.69) is 21.0 Å². The normalized spacial score (nSPS) is 10.1. The Labute approximate surface area is 85.0 Å². The lowest BCUT2D eigenvalue weighted by Gasteiger charge is -2.02. The summed E-state index contributed by atoms with van der Waals surface area (Å²) in [6.45, 7) is 4.20. The molecule has 1 heterocycles. The first-order valence-corrected chi connectivity index (χ1v) is 4.78. The molecule has 4 nitrogen and oxygen atoms in total. The second-order valence-corrected chi connectivity index (χ2v) is 3.38. The molecular weight excluding hydrogens is 236 g/mol. The van der Waals surface area contributed by atoms with Gasteiger partial charge in [-0.25, -0.2) is 4.68 Å². The van der Waals surface area contributed by atoms with Gasteiger partial charge in [-0.1, -0.05) is 0 Å². The van der Waals surface area contributed by atoms with Gasteiger partial charge in [-0.2, -0.15) is 5.10 Å². The van der Waals surface area contributed by atoms with Crippen molar-refractivity contribution in [2.45, 2.75) is 20.4 Å². The van der Waals surface area contributed by atoms with Crippen LogP contribution in [-0.4, -0.2) is 22.4 Å². The van der Waals surface area contributed by atoms with Crippen LogP contribution in [0.15, 0.2) is 10.7 Å². The minimum atomic E-state index is -0.272. The molecule has 5 heteroatoms. The van der Waals surface area contributed by atoms with Crippen LogP contribution in [0.3, 0.4) is 0 Å². The molecule has 13 heavy (non-hydrogen) atoms. The number of halogens is 1. The van der Waals surface area contributed by atoms with E-state index in [1.807, 2.05) is 13.0 Å². The summed E-state index contributed by atoms with van der Waals surface area (Å²) < 4.78 is 7.14. The van der Waals surface area contributed by atoms with Crippen LogP contribution < -0.4 is 0 Å². The van der Waals surface area contributed by atoms with Gasteiger partial charge in [-0.15, -0.1) is 0 Å². The van der Waals surface area contributed by atoms with E-state index < -0.39 is 0 Å². The standard InChI is InChI=1S/C8H11BrN2O2/c1-3-13-8(12)5-11-7(9)4-6(2)10-11/h4H,3,5H2,1-2H3. The molecule has 1 rings (SSSR count). The molecule has 0 unspecified atom stereocenters. The predicted octanol–water partition coefficient (Wildman–Crippen LogP) is 1.52. The molecule has 0 N–H and O–H groups in total. The van der Waals surface area contributed by atoms with Crippen molar-refractivity contribution in [3.8, 4) is 0 Å². The molecule has 0 radical (unpaired) electrons. The van der Waals surface area contributed by atoms with Gasteiger partial charge in [0.15, 0.2) is 0 Å². The van der Waals surface area contributed by atoms with Gasteiger partial charge in [-0.05, 0) is 35.8 Å². The van der Waals surface area contributed by atoms with Crippen LogP contribution >= 0.6 is 15.9 Å². The summed E-state index contributed by atoms with van der Waals surface area (Å²) in [4.78, 5) is 11.1. The summed E-state index contributed by atoms with van der Waals surface area (Å²) in [5.41, 5.74) is 0.871. The highest BCUT2D eigenvalue weighted by Gasteiger charge is 2.07. The number of hydrogen-bond acceptors (Lipinski definition) is 3. The van der Waals surface area contributed by atoms with Gasteiger partial charge in [0.05, 0.1) is 12.3 Å². The molecule has 0 fully saturated rings. The Bertz CT molecular complexity index is 309. The highest BCUT2D eigenvalue weighted by Crippen LogP contribution is 2.10. The van der Waals surface area contributed by atoms with Gasteiger partial charge in [0.1, 0.15) is 11.1 Å². The summed E-state index contributed by atoms with van der Waals surface area (Å²) in [6, 6.07) is 1.85. The summed E-state index contributed by atoms with van der Waals surface area (Å²) in [6.07, 6.45) is 0. The zero-order valence-electron chi connectivity index (χ0n) is 7.58. The topological polar surface area (TPSA) is 44.1 Å². The van der Waals surface area contributed by atoms with E-state index in [0.29, 0.717) is 6.61 Å². The molecule has 0 atom stereocenters. The molecule has 0 aromatic carbocycles. The van der Waals surface area contributed by atoms with Gasteiger partial charge in [0, 0.05) is 0 Å². The second-order valence-electron chi connectivity index (χ2n) is 2.57. The van der Waals surface area contributed by atoms with E-state index in [1.165, 1.54) is 0 Å². The zero-order chi connectivity index (χ0) is 9.84. The molecule has 0 aliphatic heterocycles. The van der Waals surface area contributed by atoms with Gasteiger partial charge >= 0.3 is 5.97 Å². The number of aryl methyl sites for hydroxylation is 1. The van der Waals surface area contributed by atoms with Crippen molar-refractivity contribution in [3.05, 3.63) is 16.4 Å². The second kappa shape index (κ2) is 4.41. The zero-order valence-corrected chi connectivity index (χ0v) is 9.17. The van der Waals surface area contributed by atoms with E-state index in [4.69, 9.17) is 4.74 Å². The predicted molar refractivity (Wildman–Crippen MR) is 51.3 cm³/mol. The molecule has 0 saturated carbocycles. The van der Waals surface area contributed by atoms with Crippen molar-refractivity contribution < 1.29 is 9.53 Å². The summed E-state index contributed by atoms with van der Waals surface area (Å²) >= 11 is 3.29. The molecule has 0 bridgehead atoms. The first-order chi connectivity index (χ1) is 6.13. The monoisotopic (exact) mass is 246 g/mol. The molecule has 0 spiro atoms. The van der Waals surface area contributed by atoms with Gasteiger partial charge in [-0.3, -0.25) is 4.79 Å². The Kier molecular flexibility index (Phi) is 3.48. The Morgan fingerprint density at radius 3 is 2.92 bits per heavy atom. The maximum atomic E-state index is 11.1. The fraction of sp³-hybridized carbons (Fsp3) is 0.500. The molecule has 0 aliphatic rings. The number of hydrogen-bond donors (Lipinski definition) is 0. The fourth-order valence-electron chi connectivity index (χ4n) is 0.954. The van der Waals surface area contributed by atoms with Crippen molar-refractivity contribution in [2.24, 2.45) is 0 Å². The van der Waals surface area contributed by atoms with Crippen molar-refractivity contribution in [1.29, 1.82) is 0 Å².